The third-order valence-corrected chi connectivity index (χ3v) is 4.05. The van der Waals surface area contributed by atoms with Gasteiger partial charge >= 0.3 is 0 Å². The highest BCUT2D eigenvalue weighted by molar-refractivity contribution is 6.30. The second kappa shape index (κ2) is 7.87. The Labute approximate surface area is 127 Å². The molecule has 0 amide bonds. The van der Waals surface area contributed by atoms with Gasteiger partial charge in [0.25, 0.3) is 0 Å². The molecule has 0 bridgehead atoms. The van der Waals surface area contributed by atoms with E-state index in [0.717, 1.165) is 44.2 Å². The van der Waals surface area contributed by atoms with Gasteiger partial charge in [0.1, 0.15) is 0 Å². The van der Waals surface area contributed by atoms with Crippen LogP contribution in [0.2, 0.25) is 5.02 Å². The molecule has 0 radical (unpaired) electrons. The van der Waals surface area contributed by atoms with Crippen LogP contribution in [0.15, 0.2) is 18.2 Å². The van der Waals surface area contributed by atoms with E-state index in [1.54, 1.807) is 7.11 Å². The molecule has 112 valence electrons. The van der Waals surface area contributed by atoms with Crippen molar-refractivity contribution in [3.05, 3.63) is 28.8 Å². The van der Waals surface area contributed by atoms with E-state index in [2.05, 4.69) is 29.3 Å². The third kappa shape index (κ3) is 4.11. The summed E-state index contributed by atoms with van der Waals surface area (Å²) in [5.74, 6) is 0.645. The molecule has 20 heavy (non-hydrogen) atoms. The Hall–Kier alpha value is -0.770. The maximum absolute atomic E-state index is 6.15. The van der Waals surface area contributed by atoms with Crippen molar-refractivity contribution in [2.75, 3.05) is 38.3 Å². The zero-order valence-electron chi connectivity index (χ0n) is 12.5. The molecule has 1 aromatic carbocycles. The van der Waals surface area contributed by atoms with Crippen LogP contribution >= 0.6 is 11.6 Å². The molecule has 2 rings (SSSR count). The van der Waals surface area contributed by atoms with Crippen molar-refractivity contribution in [3.63, 3.8) is 0 Å². The van der Waals surface area contributed by atoms with Crippen LogP contribution in [-0.2, 0) is 11.3 Å². The lowest BCUT2D eigenvalue weighted by molar-refractivity contribution is 0.161. The number of rotatable bonds is 7. The summed E-state index contributed by atoms with van der Waals surface area (Å²) in [6.07, 6.45) is 2.35. The number of hydrogen-bond donors (Lipinski definition) is 1. The fraction of sp³-hybridized carbons (Fsp3) is 0.625. The average molecular weight is 297 g/mol. The minimum atomic E-state index is 0.645. The van der Waals surface area contributed by atoms with Gasteiger partial charge < -0.3 is 15.0 Å². The van der Waals surface area contributed by atoms with Crippen LogP contribution in [0, 0.1) is 5.92 Å². The van der Waals surface area contributed by atoms with Crippen LogP contribution in [0.4, 0.5) is 5.69 Å². The number of methoxy groups -OCH3 is 1. The molecule has 0 saturated carbocycles. The molecule has 1 aromatic rings. The number of benzene rings is 1. The summed E-state index contributed by atoms with van der Waals surface area (Å²) in [6.45, 7) is 7.15. The number of nitrogens with zero attached hydrogens (tertiary/aromatic N) is 1. The van der Waals surface area contributed by atoms with Gasteiger partial charge in [-0.2, -0.15) is 0 Å². The van der Waals surface area contributed by atoms with Gasteiger partial charge in [-0.25, -0.2) is 0 Å². The topological polar surface area (TPSA) is 24.5 Å². The predicted octanol–water partition coefficient (Wildman–Crippen LogP) is 3.31. The molecule has 1 aliphatic rings. The Kier molecular flexibility index (Phi) is 6.14. The lowest BCUT2D eigenvalue weighted by Crippen LogP contribution is -2.24. The summed E-state index contributed by atoms with van der Waals surface area (Å²) in [5.41, 5.74) is 2.61. The maximum Gasteiger partial charge on any atom is 0.0508 e. The smallest absolute Gasteiger partial charge is 0.0508 e. The summed E-state index contributed by atoms with van der Waals surface area (Å²) in [5, 5.41) is 4.28. The van der Waals surface area contributed by atoms with Gasteiger partial charge in [-0.05, 0) is 43.1 Å². The van der Waals surface area contributed by atoms with E-state index in [9.17, 15) is 0 Å². The predicted molar refractivity (Wildman–Crippen MR) is 85.6 cm³/mol. The van der Waals surface area contributed by atoms with Crippen LogP contribution in [0.5, 0.6) is 0 Å². The molecular formula is C16H25ClN2O. The number of hydrogen-bond acceptors (Lipinski definition) is 3. The second-order valence-electron chi connectivity index (χ2n) is 5.51. The fourth-order valence-corrected chi connectivity index (χ4v) is 3.02. The molecule has 0 spiro atoms. The molecule has 3 nitrogen and oxygen atoms in total. The summed E-state index contributed by atoms with van der Waals surface area (Å²) in [7, 11) is 1.78. The Balaban J connectivity index is 2.06. The van der Waals surface area contributed by atoms with Crippen LogP contribution in [-0.4, -0.2) is 33.4 Å². The van der Waals surface area contributed by atoms with Crippen molar-refractivity contribution < 1.29 is 4.74 Å². The van der Waals surface area contributed by atoms with E-state index in [4.69, 9.17) is 16.3 Å². The summed E-state index contributed by atoms with van der Waals surface area (Å²) >= 11 is 6.15. The molecule has 4 heteroatoms. The first-order valence-electron chi connectivity index (χ1n) is 7.47. The van der Waals surface area contributed by atoms with Crippen molar-refractivity contribution >= 4 is 17.3 Å². The fourth-order valence-electron chi connectivity index (χ4n) is 2.83. The van der Waals surface area contributed by atoms with E-state index in [-0.39, 0.29) is 0 Å². The first-order valence-corrected chi connectivity index (χ1v) is 7.85. The van der Waals surface area contributed by atoms with Crippen LogP contribution in [0.3, 0.4) is 0 Å². The Morgan fingerprint density at radius 2 is 2.30 bits per heavy atom. The van der Waals surface area contributed by atoms with E-state index in [1.807, 2.05) is 6.07 Å². The van der Waals surface area contributed by atoms with Gasteiger partial charge in [-0.15, -0.1) is 0 Å². The molecule has 1 aliphatic heterocycles. The Morgan fingerprint density at radius 3 is 3.05 bits per heavy atom. The first-order chi connectivity index (χ1) is 9.74. The van der Waals surface area contributed by atoms with Crippen molar-refractivity contribution in [2.45, 2.75) is 26.3 Å². The van der Waals surface area contributed by atoms with Gasteiger partial charge in [0.2, 0.25) is 0 Å². The van der Waals surface area contributed by atoms with Crippen molar-refractivity contribution in [1.82, 2.24) is 5.32 Å². The van der Waals surface area contributed by atoms with E-state index in [0.29, 0.717) is 5.92 Å². The van der Waals surface area contributed by atoms with Gasteiger partial charge in [0.15, 0.2) is 0 Å². The van der Waals surface area contributed by atoms with Crippen LogP contribution in [0.25, 0.3) is 0 Å². The molecule has 0 aliphatic carbocycles. The molecule has 1 fully saturated rings. The maximum atomic E-state index is 6.15. The molecule has 1 saturated heterocycles. The normalized spacial score (nSPS) is 18.8. The molecule has 1 heterocycles. The first kappa shape index (κ1) is 15.6. The highest BCUT2D eigenvalue weighted by atomic mass is 35.5. The van der Waals surface area contributed by atoms with Gasteiger partial charge in [-0.3, -0.25) is 0 Å². The monoisotopic (exact) mass is 296 g/mol. The van der Waals surface area contributed by atoms with Gasteiger partial charge in [0, 0.05) is 43.4 Å². The quantitative estimate of drug-likeness (QED) is 0.781. The largest absolute Gasteiger partial charge is 0.384 e. The van der Waals surface area contributed by atoms with Gasteiger partial charge in [-0.1, -0.05) is 18.5 Å². The number of halogens is 1. The SMILES string of the molecule is CCCNCc1cc(Cl)ccc1N1CCC(COC)C1. The molecular weight excluding hydrogens is 272 g/mol. The van der Waals surface area contributed by atoms with Crippen molar-refractivity contribution in [3.8, 4) is 0 Å². The van der Waals surface area contributed by atoms with Crippen LogP contribution in [0.1, 0.15) is 25.3 Å². The third-order valence-electron chi connectivity index (χ3n) is 3.81. The minimum Gasteiger partial charge on any atom is -0.384 e. The zero-order valence-corrected chi connectivity index (χ0v) is 13.2. The highest BCUT2D eigenvalue weighted by Gasteiger charge is 2.24. The number of anilines is 1. The van der Waals surface area contributed by atoms with Gasteiger partial charge in [0.05, 0.1) is 6.61 Å². The number of nitrogens with one attached hydrogen (secondary N) is 1. The lowest BCUT2D eigenvalue weighted by Gasteiger charge is -2.22. The summed E-state index contributed by atoms with van der Waals surface area (Å²) in [4.78, 5) is 2.46. The molecule has 1 N–H and O–H groups in total. The minimum absolute atomic E-state index is 0.645. The summed E-state index contributed by atoms with van der Waals surface area (Å²) in [6, 6.07) is 6.23. The standard InChI is InChI=1S/C16H25ClN2O/c1-3-7-18-10-14-9-15(17)4-5-16(14)19-8-6-13(11-19)12-20-2/h4-5,9,13,18H,3,6-8,10-12H2,1-2H3. The molecule has 0 aromatic heterocycles. The van der Waals surface area contributed by atoms with E-state index >= 15 is 0 Å². The Morgan fingerprint density at radius 1 is 1.45 bits per heavy atom. The second-order valence-corrected chi connectivity index (χ2v) is 5.94. The van der Waals surface area contributed by atoms with E-state index < -0.39 is 0 Å². The number of ether oxygens (including phenoxy) is 1. The average Bonchev–Trinajstić information content (AvgIpc) is 2.88. The van der Waals surface area contributed by atoms with Crippen molar-refractivity contribution in [1.29, 1.82) is 0 Å². The zero-order chi connectivity index (χ0) is 14.4. The highest BCUT2D eigenvalue weighted by Crippen LogP contribution is 2.29. The lowest BCUT2D eigenvalue weighted by atomic mass is 10.1. The van der Waals surface area contributed by atoms with Crippen molar-refractivity contribution in [2.24, 2.45) is 5.92 Å². The molecule has 1 atom stereocenters. The summed E-state index contributed by atoms with van der Waals surface area (Å²) < 4.78 is 5.28. The van der Waals surface area contributed by atoms with E-state index in [1.165, 1.54) is 17.7 Å². The Bertz CT molecular complexity index is 425. The van der Waals surface area contributed by atoms with Crippen LogP contribution < -0.4 is 10.2 Å². The molecule has 1 unspecified atom stereocenters.